The number of nitrogens with zero attached hydrogens (tertiary/aromatic N) is 1. The Bertz CT molecular complexity index is 693. The fraction of sp³-hybridized carbons (Fsp3) is 0.375. The van der Waals surface area contributed by atoms with Crippen molar-refractivity contribution < 1.29 is 18.3 Å². The van der Waals surface area contributed by atoms with Gasteiger partial charge >= 0.3 is 6.29 Å². The molecule has 1 N–H and O–H groups in total. The van der Waals surface area contributed by atoms with Crippen LogP contribution < -0.4 is 14.8 Å². The SMILES string of the molecule is Cl.FC1(F)Oc2ccc([C@@H](c3cccs3)N3CCNCC3)cc2O1. The molecule has 24 heavy (non-hydrogen) atoms. The number of thiophene rings is 1. The molecule has 1 fully saturated rings. The lowest BCUT2D eigenvalue weighted by Crippen LogP contribution is -2.45. The first-order chi connectivity index (χ1) is 11.1. The Balaban J connectivity index is 0.00000169. The molecule has 2 aliphatic rings. The van der Waals surface area contributed by atoms with Gasteiger partial charge in [0.2, 0.25) is 0 Å². The highest BCUT2D eigenvalue weighted by Gasteiger charge is 2.43. The molecule has 1 atom stereocenters. The van der Waals surface area contributed by atoms with Gasteiger partial charge in [0.15, 0.2) is 11.5 Å². The lowest BCUT2D eigenvalue weighted by molar-refractivity contribution is -0.286. The smallest absolute Gasteiger partial charge is 0.395 e. The van der Waals surface area contributed by atoms with E-state index in [4.69, 9.17) is 0 Å². The van der Waals surface area contributed by atoms with E-state index in [0.717, 1.165) is 31.7 Å². The zero-order chi connectivity index (χ0) is 15.9. The van der Waals surface area contributed by atoms with Crippen LogP contribution >= 0.6 is 23.7 Å². The van der Waals surface area contributed by atoms with Crippen LogP contribution in [0.4, 0.5) is 8.78 Å². The average Bonchev–Trinajstić information content (AvgIpc) is 3.14. The summed E-state index contributed by atoms with van der Waals surface area (Å²) >= 11 is 1.67. The fourth-order valence-electron chi connectivity index (χ4n) is 3.08. The molecule has 0 radical (unpaired) electrons. The van der Waals surface area contributed by atoms with Crippen molar-refractivity contribution in [3.05, 3.63) is 46.2 Å². The van der Waals surface area contributed by atoms with Gasteiger partial charge in [-0.05, 0) is 29.1 Å². The normalized spacial score (nSPS) is 20.4. The zero-order valence-electron chi connectivity index (χ0n) is 12.7. The summed E-state index contributed by atoms with van der Waals surface area (Å²) in [6.45, 7) is 3.66. The molecule has 4 rings (SSSR count). The first-order valence-corrected chi connectivity index (χ1v) is 8.38. The van der Waals surface area contributed by atoms with Crippen LogP contribution in [0.2, 0.25) is 0 Å². The number of ether oxygens (including phenoxy) is 2. The van der Waals surface area contributed by atoms with Crippen molar-refractivity contribution in [2.45, 2.75) is 12.3 Å². The van der Waals surface area contributed by atoms with E-state index in [0.29, 0.717) is 0 Å². The first-order valence-electron chi connectivity index (χ1n) is 7.50. The Kier molecular flexibility index (Phi) is 4.96. The highest BCUT2D eigenvalue weighted by Crippen LogP contribution is 2.43. The fourth-order valence-corrected chi connectivity index (χ4v) is 3.96. The van der Waals surface area contributed by atoms with E-state index in [2.05, 4.69) is 25.8 Å². The Hall–Kier alpha value is -1.41. The van der Waals surface area contributed by atoms with E-state index in [1.807, 2.05) is 17.5 Å². The van der Waals surface area contributed by atoms with Gasteiger partial charge in [-0.15, -0.1) is 32.5 Å². The van der Waals surface area contributed by atoms with Gasteiger partial charge in [-0.1, -0.05) is 12.1 Å². The minimum Gasteiger partial charge on any atom is -0.395 e. The summed E-state index contributed by atoms with van der Waals surface area (Å²) in [5.74, 6) is 0.188. The van der Waals surface area contributed by atoms with Gasteiger partial charge in [-0.25, -0.2) is 0 Å². The van der Waals surface area contributed by atoms with Gasteiger partial charge in [0, 0.05) is 31.1 Å². The predicted octanol–water partition coefficient (Wildman–Crippen LogP) is 3.49. The second kappa shape index (κ2) is 6.84. The second-order valence-electron chi connectivity index (χ2n) is 5.58. The molecule has 0 spiro atoms. The number of piperazine rings is 1. The zero-order valence-corrected chi connectivity index (χ0v) is 14.3. The van der Waals surface area contributed by atoms with Gasteiger partial charge in [0.05, 0.1) is 6.04 Å². The van der Waals surface area contributed by atoms with Gasteiger partial charge in [0.1, 0.15) is 0 Å². The molecule has 1 aromatic heterocycles. The summed E-state index contributed by atoms with van der Waals surface area (Å²) in [4.78, 5) is 3.55. The van der Waals surface area contributed by atoms with Crippen molar-refractivity contribution in [1.29, 1.82) is 0 Å². The summed E-state index contributed by atoms with van der Waals surface area (Å²) < 4.78 is 35.6. The molecule has 0 aliphatic carbocycles. The Morgan fingerprint density at radius 3 is 2.58 bits per heavy atom. The van der Waals surface area contributed by atoms with Crippen molar-refractivity contribution in [2.24, 2.45) is 0 Å². The van der Waals surface area contributed by atoms with Crippen LogP contribution in [-0.4, -0.2) is 37.4 Å². The molecular weight excluding hydrogens is 358 g/mol. The summed E-state index contributed by atoms with van der Waals surface area (Å²) in [5.41, 5.74) is 0.939. The van der Waals surface area contributed by atoms with Crippen LogP contribution in [0.5, 0.6) is 11.5 Å². The highest BCUT2D eigenvalue weighted by molar-refractivity contribution is 7.10. The number of benzene rings is 1. The molecule has 1 aromatic carbocycles. The third-order valence-corrected chi connectivity index (χ3v) is 5.00. The Morgan fingerprint density at radius 2 is 1.88 bits per heavy atom. The van der Waals surface area contributed by atoms with E-state index in [1.54, 1.807) is 23.5 Å². The molecule has 0 bridgehead atoms. The number of hydrogen-bond donors (Lipinski definition) is 1. The van der Waals surface area contributed by atoms with Crippen molar-refractivity contribution in [3.8, 4) is 11.5 Å². The van der Waals surface area contributed by atoms with E-state index in [1.165, 1.54) is 4.88 Å². The topological polar surface area (TPSA) is 33.7 Å². The van der Waals surface area contributed by atoms with Crippen molar-refractivity contribution >= 4 is 23.7 Å². The van der Waals surface area contributed by atoms with Gasteiger partial charge in [-0.2, -0.15) is 0 Å². The number of nitrogens with one attached hydrogen (secondary N) is 1. The largest absolute Gasteiger partial charge is 0.586 e. The third-order valence-electron chi connectivity index (χ3n) is 4.07. The Labute approximate surface area is 148 Å². The van der Waals surface area contributed by atoms with Crippen LogP contribution in [0.1, 0.15) is 16.5 Å². The third kappa shape index (κ3) is 3.35. The average molecular weight is 375 g/mol. The predicted molar refractivity (Wildman–Crippen MR) is 90.5 cm³/mol. The summed E-state index contributed by atoms with van der Waals surface area (Å²) in [6, 6.07) is 9.21. The maximum atomic E-state index is 13.2. The first kappa shape index (κ1) is 17.4. The second-order valence-corrected chi connectivity index (χ2v) is 6.56. The molecule has 3 heterocycles. The molecule has 8 heteroatoms. The van der Waals surface area contributed by atoms with Crippen LogP contribution in [0.15, 0.2) is 35.7 Å². The van der Waals surface area contributed by atoms with Gasteiger partial charge < -0.3 is 14.8 Å². The highest BCUT2D eigenvalue weighted by atomic mass is 35.5. The quantitative estimate of drug-likeness (QED) is 0.891. The monoisotopic (exact) mass is 374 g/mol. The van der Waals surface area contributed by atoms with E-state index in [-0.39, 0.29) is 29.9 Å². The van der Waals surface area contributed by atoms with Gasteiger partial charge in [-0.3, -0.25) is 4.90 Å². The standard InChI is InChI=1S/C16H16F2N2O2S.ClH/c17-16(18)21-12-4-3-11(10-13(12)22-16)15(14-2-1-9-23-14)20-7-5-19-6-8-20;/h1-4,9-10,15,19H,5-8H2;1H/t15-;/m0./s1. The van der Waals surface area contributed by atoms with Crippen LogP contribution in [-0.2, 0) is 0 Å². The molecule has 130 valence electrons. The number of rotatable bonds is 3. The number of hydrogen-bond acceptors (Lipinski definition) is 5. The van der Waals surface area contributed by atoms with Crippen molar-refractivity contribution in [1.82, 2.24) is 10.2 Å². The molecular formula is C16H17ClF2N2O2S. The number of alkyl halides is 2. The minimum atomic E-state index is -3.57. The number of fused-ring (bicyclic) bond motifs is 1. The molecule has 2 aliphatic heterocycles. The molecule has 0 unspecified atom stereocenters. The van der Waals surface area contributed by atoms with Gasteiger partial charge in [0.25, 0.3) is 0 Å². The minimum absolute atomic E-state index is 0. The Morgan fingerprint density at radius 1 is 1.12 bits per heavy atom. The lowest BCUT2D eigenvalue weighted by atomic mass is 10.0. The molecule has 2 aromatic rings. The van der Waals surface area contributed by atoms with Crippen LogP contribution in [0, 0.1) is 0 Å². The lowest BCUT2D eigenvalue weighted by Gasteiger charge is -2.34. The van der Waals surface area contributed by atoms with Crippen molar-refractivity contribution in [3.63, 3.8) is 0 Å². The molecule has 0 saturated carbocycles. The van der Waals surface area contributed by atoms with E-state index >= 15 is 0 Å². The van der Waals surface area contributed by atoms with E-state index in [9.17, 15) is 8.78 Å². The number of halogens is 3. The van der Waals surface area contributed by atoms with Crippen LogP contribution in [0.25, 0.3) is 0 Å². The summed E-state index contributed by atoms with van der Waals surface area (Å²) in [6.07, 6.45) is -3.57. The molecule has 0 amide bonds. The summed E-state index contributed by atoms with van der Waals surface area (Å²) in [7, 11) is 0. The maximum Gasteiger partial charge on any atom is 0.586 e. The van der Waals surface area contributed by atoms with E-state index < -0.39 is 6.29 Å². The van der Waals surface area contributed by atoms with Crippen molar-refractivity contribution in [2.75, 3.05) is 26.2 Å². The maximum absolute atomic E-state index is 13.2. The molecule has 1 saturated heterocycles. The summed E-state index contributed by atoms with van der Waals surface area (Å²) in [5, 5.41) is 5.37. The van der Waals surface area contributed by atoms with Crippen LogP contribution in [0.3, 0.4) is 0 Å². The molecule has 4 nitrogen and oxygen atoms in total.